The van der Waals surface area contributed by atoms with Gasteiger partial charge in [-0.2, -0.15) is 4.72 Å². The molecule has 1 aromatic heterocycles. The van der Waals surface area contributed by atoms with Crippen LogP contribution in [0.2, 0.25) is 0 Å². The summed E-state index contributed by atoms with van der Waals surface area (Å²) in [5, 5.41) is 1.08. The Morgan fingerprint density at radius 3 is 2.44 bits per heavy atom. The number of nitrogens with zero attached hydrogens (tertiary/aromatic N) is 2. The maximum atomic E-state index is 14.1. The minimum absolute atomic E-state index is 0.275. The average molecular weight is 476 g/mol. The van der Waals surface area contributed by atoms with Crippen LogP contribution >= 0.6 is 11.3 Å². The molecule has 0 radical (unpaired) electrons. The third kappa shape index (κ3) is 4.69. The zero-order chi connectivity index (χ0) is 22.9. The first kappa shape index (κ1) is 22.8. The van der Waals surface area contributed by atoms with Gasteiger partial charge in [-0.3, -0.25) is 4.79 Å². The quantitative estimate of drug-likeness (QED) is 0.581. The van der Waals surface area contributed by atoms with Crippen LogP contribution in [0.4, 0.5) is 4.39 Å². The molecule has 0 aliphatic carbocycles. The maximum Gasteiger partial charge on any atom is 0.244 e. The van der Waals surface area contributed by atoms with Crippen molar-refractivity contribution < 1.29 is 17.6 Å². The van der Waals surface area contributed by atoms with E-state index in [0.29, 0.717) is 13.1 Å². The van der Waals surface area contributed by atoms with E-state index in [1.54, 1.807) is 30.1 Å². The number of carbonyl (C=O) groups excluding carboxylic acids is 1. The second kappa shape index (κ2) is 9.25. The molecule has 2 aromatic carbocycles. The van der Waals surface area contributed by atoms with E-state index < -0.39 is 26.8 Å². The van der Waals surface area contributed by atoms with Crippen molar-refractivity contribution in [2.24, 2.45) is 5.92 Å². The minimum atomic E-state index is -4.17. The lowest BCUT2D eigenvalue weighted by Crippen LogP contribution is -2.52. The van der Waals surface area contributed by atoms with Crippen LogP contribution in [0.1, 0.15) is 37.6 Å². The summed E-state index contributed by atoms with van der Waals surface area (Å²) in [7, 11) is -4.17. The summed E-state index contributed by atoms with van der Waals surface area (Å²) in [4.78, 5) is 19.2. The molecule has 1 aliphatic heterocycles. The fraction of sp³-hybridized carbons (Fsp3) is 0.391. The highest BCUT2D eigenvalue weighted by Gasteiger charge is 2.34. The van der Waals surface area contributed by atoms with Gasteiger partial charge in [0.05, 0.1) is 15.2 Å². The van der Waals surface area contributed by atoms with Crippen LogP contribution in [-0.4, -0.2) is 43.3 Å². The highest BCUT2D eigenvalue weighted by molar-refractivity contribution is 7.89. The molecule has 0 spiro atoms. The largest absolute Gasteiger partial charge is 0.341 e. The van der Waals surface area contributed by atoms with Crippen LogP contribution in [0, 0.1) is 11.7 Å². The van der Waals surface area contributed by atoms with E-state index in [0.717, 1.165) is 34.1 Å². The maximum absolute atomic E-state index is 14.1. The Hall–Kier alpha value is -2.36. The Labute approximate surface area is 191 Å². The fourth-order valence-corrected chi connectivity index (χ4v) is 6.53. The van der Waals surface area contributed by atoms with Crippen molar-refractivity contribution in [2.45, 2.75) is 43.5 Å². The first-order valence-electron chi connectivity index (χ1n) is 10.7. The molecule has 0 unspecified atom stereocenters. The smallest absolute Gasteiger partial charge is 0.244 e. The second-order valence-corrected chi connectivity index (χ2v) is 11.1. The van der Waals surface area contributed by atoms with Crippen molar-refractivity contribution in [1.82, 2.24) is 14.6 Å². The highest BCUT2D eigenvalue weighted by atomic mass is 32.2. The lowest BCUT2D eigenvalue weighted by atomic mass is 9.96. The van der Waals surface area contributed by atoms with Crippen LogP contribution < -0.4 is 4.72 Å². The summed E-state index contributed by atoms with van der Waals surface area (Å²) in [5.41, 5.74) is 0.994. The standard InChI is InChI=1S/C23H26FN3O3S2/c1-15(2)21(26-32(29,30)20-10-6-3-7-17(20)24)23(28)27-13-11-16(12-14-27)22-25-18-8-4-5-9-19(18)31-22/h3-10,15-16,21,26H,11-14H2,1-2H3/t21-/m0/s1. The third-order valence-corrected chi connectivity index (χ3v) is 8.48. The van der Waals surface area contributed by atoms with E-state index in [4.69, 9.17) is 4.98 Å². The van der Waals surface area contributed by atoms with Crippen molar-refractivity contribution in [3.63, 3.8) is 0 Å². The zero-order valence-corrected chi connectivity index (χ0v) is 19.6. The molecule has 3 aromatic rings. The van der Waals surface area contributed by atoms with Crippen LogP contribution in [-0.2, 0) is 14.8 Å². The predicted octanol–water partition coefficient (Wildman–Crippen LogP) is 4.14. The molecule has 1 aliphatic rings. The number of sulfonamides is 1. The van der Waals surface area contributed by atoms with E-state index in [1.807, 2.05) is 18.2 Å². The van der Waals surface area contributed by atoms with Crippen molar-refractivity contribution in [1.29, 1.82) is 0 Å². The number of amides is 1. The molecule has 0 bridgehead atoms. The predicted molar refractivity (Wildman–Crippen MR) is 124 cm³/mol. The number of piperidine rings is 1. The number of fused-ring (bicyclic) bond motifs is 1. The number of likely N-dealkylation sites (tertiary alicyclic amines) is 1. The Kier molecular flexibility index (Phi) is 6.60. The van der Waals surface area contributed by atoms with Crippen LogP contribution in [0.15, 0.2) is 53.4 Å². The van der Waals surface area contributed by atoms with Crippen molar-refractivity contribution >= 4 is 37.5 Å². The van der Waals surface area contributed by atoms with Gasteiger partial charge in [0.15, 0.2) is 0 Å². The molecule has 0 saturated carbocycles. The average Bonchev–Trinajstić information content (AvgIpc) is 3.21. The molecule has 1 amide bonds. The van der Waals surface area contributed by atoms with Gasteiger partial charge in [0, 0.05) is 19.0 Å². The summed E-state index contributed by atoms with van der Waals surface area (Å²) >= 11 is 1.69. The number of benzene rings is 2. The number of halogens is 1. The number of aromatic nitrogens is 1. The summed E-state index contributed by atoms with van der Waals surface area (Å²) in [5.74, 6) is -1.12. The van der Waals surface area contributed by atoms with Gasteiger partial charge in [-0.25, -0.2) is 17.8 Å². The number of hydrogen-bond acceptors (Lipinski definition) is 5. The molecule has 170 valence electrons. The summed E-state index contributed by atoms with van der Waals surface area (Å²) < 4.78 is 43.1. The first-order chi connectivity index (χ1) is 15.3. The van der Waals surface area contributed by atoms with E-state index in [9.17, 15) is 17.6 Å². The highest BCUT2D eigenvalue weighted by Crippen LogP contribution is 2.34. The summed E-state index contributed by atoms with van der Waals surface area (Å²) in [6, 6.07) is 12.2. The normalized spacial score (nSPS) is 16.6. The molecule has 4 rings (SSSR count). The molecule has 2 heterocycles. The van der Waals surface area contributed by atoms with Crippen LogP contribution in [0.25, 0.3) is 10.2 Å². The van der Waals surface area contributed by atoms with Gasteiger partial charge < -0.3 is 4.90 Å². The molecular weight excluding hydrogens is 449 g/mol. The minimum Gasteiger partial charge on any atom is -0.341 e. The summed E-state index contributed by atoms with van der Waals surface area (Å²) in [6.07, 6.45) is 1.55. The molecule has 32 heavy (non-hydrogen) atoms. The van der Waals surface area contributed by atoms with Gasteiger partial charge in [-0.05, 0) is 43.0 Å². The van der Waals surface area contributed by atoms with E-state index in [-0.39, 0.29) is 17.7 Å². The number of thiazole rings is 1. The summed E-state index contributed by atoms with van der Waals surface area (Å²) in [6.45, 7) is 4.62. The Bertz CT molecular complexity index is 1180. The fourth-order valence-electron chi connectivity index (χ4n) is 3.97. The molecule has 1 fully saturated rings. The van der Waals surface area contributed by atoms with Crippen LogP contribution in [0.3, 0.4) is 0 Å². The van der Waals surface area contributed by atoms with Gasteiger partial charge in [-0.15, -0.1) is 11.3 Å². The lowest BCUT2D eigenvalue weighted by Gasteiger charge is -2.34. The Balaban J connectivity index is 1.45. The van der Waals surface area contributed by atoms with E-state index in [1.165, 1.54) is 18.2 Å². The first-order valence-corrected chi connectivity index (χ1v) is 13.0. The SMILES string of the molecule is CC(C)[C@H](NS(=O)(=O)c1ccccc1F)C(=O)N1CCC(c2nc3ccccc3s2)CC1. The molecule has 1 atom stereocenters. The lowest BCUT2D eigenvalue weighted by molar-refractivity contribution is -0.135. The molecule has 1 N–H and O–H groups in total. The van der Waals surface area contributed by atoms with Gasteiger partial charge >= 0.3 is 0 Å². The van der Waals surface area contributed by atoms with Crippen molar-refractivity contribution in [2.75, 3.05) is 13.1 Å². The monoisotopic (exact) mass is 475 g/mol. The Morgan fingerprint density at radius 1 is 1.12 bits per heavy atom. The molecule has 6 nitrogen and oxygen atoms in total. The number of para-hydroxylation sites is 1. The van der Waals surface area contributed by atoms with Crippen molar-refractivity contribution in [3.8, 4) is 0 Å². The van der Waals surface area contributed by atoms with E-state index >= 15 is 0 Å². The molecule has 9 heteroatoms. The van der Waals surface area contributed by atoms with Gasteiger partial charge in [0.1, 0.15) is 16.8 Å². The van der Waals surface area contributed by atoms with Gasteiger partial charge in [0.2, 0.25) is 15.9 Å². The van der Waals surface area contributed by atoms with Gasteiger partial charge in [-0.1, -0.05) is 38.1 Å². The second-order valence-electron chi connectivity index (χ2n) is 8.39. The van der Waals surface area contributed by atoms with Gasteiger partial charge in [0.25, 0.3) is 0 Å². The number of rotatable bonds is 6. The number of nitrogens with one attached hydrogen (secondary N) is 1. The Morgan fingerprint density at radius 2 is 1.78 bits per heavy atom. The number of hydrogen-bond donors (Lipinski definition) is 1. The third-order valence-electron chi connectivity index (χ3n) is 5.81. The topological polar surface area (TPSA) is 79.4 Å². The van der Waals surface area contributed by atoms with Crippen LogP contribution in [0.5, 0.6) is 0 Å². The molecular formula is C23H26FN3O3S2. The number of carbonyl (C=O) groups is 1. The van der Waals surface area contributed by atoms with Crippen molar-refractivity contribution in [3.05, 3.63) is 59.4 Å². The van der Waals surface area contributed by atoms with E-state index in [2.05, 4.69) is 10.8 Å². The molecule has 1 saturated heterocycles. The zero-order valence-electron chi connectivity index (χ0n) is 18.0.